The molecule has 1 aromatic carbocycles. The summed E-state index contributed by atoms with van der Waals surface area (Å²) in [4.78, 5) is 2.44. The first kappa shape index (κ1) is 18.9. The highest BCUT2D eigenvalue weighted by Gasteiger charge is 2.31. The number of rotatable bonds is 4. The smallest absolute Gasteiger partial charge is 0.170 e. The van der Waals surface area contributed by atoms with E-state index in [1.165, 1.54) is 29.5 Å². The van der Waals surface area contributed by atoms with Crippen LogP contribution in [0.2, 0.25) is 0 Å². The predicted molar refractivity (Wildman–Crippen MR) is 111 cm³/mol. The van der Waals surface area contributed by atoms with Crippen molar-refractivity contribution in [2.45, 2.75) is 32.7 Å². The second-order valence-corrected chi connectivity index (χ2v) is 7.84. The van der Waals surface area contributed by atoms with Crippen molar-refractivity contribution in [2.24, 2.45) is 13.0 Å². The molecule has 0 amide bonds. The maximum atomic E-state index is 5.54. The molecule has 6 heteroatoms. The van der Waals surface area contributed by atoms with E-state index in [-0.39, 0.29) is 0 Å². The molecular formula is C20H29N5S. The van der Waals surface area contributed by atoms with Crippen LogP contribution in [0.3, 0.4) is 0 Å². The number of aromatic nitrogens is 2. The van der Waals surface area contributed by atoms with Crippen LogP contribution in [0, 0.1) is 19.8 Å². The van der Waals surface area contributed by atoms with Crippen LogP contribution in [0.15, 0.2) is 30.6 Å². The van der Waals surface area contributed by atoms with Gasteiger partial charge in [0.05, 0.1) is 6.20 Å². The summed E-state index contributed by atoms with van der Waals surface area (Å²) < 4.78 is 1.88. The summed E-state index contributed by atoms with van der Waals surface area (Å²) in [5.74, 6) is 0.510. The Morgan fingerprint density at radius 2 is 2.12 bits per heavy atom. The summed E-state index contributed by atoms with van der Waals surface area (Å²) >= 11 is 5.54. The summed E-state index contributed by atoms with van der Waals surface area (Å²) in [6.45, 7) is 6.18. The normalized spacial score (nSPS) is 20.8. The van der Waals surface area contributed by atoms with Crippen LogP contribution in [0.5, 0.6) is 0 Å². The van der Waals surface area contributed by atoms with Gasteiger partial charge in [-0.1, -0.05) is 12.1 Å². The Hall–Kier alpha value is -1.92. The van der Waals surface area contributed by atoms with Crippen molar-refractivity contribution in [1.29, 1.82) is 0 Å². The lowest BCUT2D eigenvalue weighted by Crippen LogP contribution is -2.42. The fourth-order valence-corrected chi connectivity index (χ4v) is 4.05. The zero-order chi connectivity index (χ0) is 18.7. The summed E-state index contributed by atoms with van der Waals surface area (Å²) in [6, 6.07) is 6.76. The number of piperidine rings is 1. The van der Waals surface area contributed by atoms with Gasteiger partial charge in [0.25, 0.3) is 0 Å². The van der Waals surface area contributed by atoms with Crippen LogP contribution in [0.4, 0.5) is 5.69 Å². The van der Waals surface area contributed by atoms with E-state index in [1.54, 1.807) is 0 Å². The number of aryl methyl sites for hydroxylation is 3. The van der Waals surface area contributed by atoms with Crippen LogP contribution >= 0.6 is 12.2 Å². The molecule has 2 atom stereocenters. The predicted octanol–water partition coefficient (Wildman–Crippen LogP) is 3.41. The average molecular weight is 372 g/mol. The third kappa shape index (κ3) is 4.43. The Kier molecular flexibility index (Phi) is 5.94. The molecule has 2 N–H and O–H groups in total. The van der Waals surface area contributed by atoms with Gasteiger partial charge in [-0.25, -0.2) is 0 Å². The molecule has 0 aliphatic carbocycles. The van der Waals surface area contributed by atoms with E-state index in [0.717, 1.165) is 18.8 Å². The Balaban J connectivity index is 1.63. The van der Waals surface area contributed by atoms with Gasteiger partial charge in [-0.2, -0.15) is 5.10 Å². The van der Waals surface area contributed by atoms with Crippen LogP contribution < -0.4 is 10.6 Å². The van der Waals surface area contributed by atoms with Crippen molar-refractivity contribution in [3.05, 3.63) is 47.3 Å². The minimum absolute atomic E-state index is 0.383. The topological polar surface area (TPSA) is 45.1 Å². The van der Waals surface area contributed by atoms with Gasteiger partial charge in [0.15, 0.2) is 5.11 Å². The van der Waals surface area contributed by atoms with Crippen molar-refractivity contribution in [2.75, 3.05) is 25.5 Å². The van der Waals surface area contributed by atoms with Crippen molar-refractivity contribution in [1.82, 2.24) is 20.0 Å². The van der Waals surface area contributed by atoms with Gasteiger partial charge < -0.3 is 10.6 Å². The summed E-state index contributed by atoms with van der Waals surface area (Å²) in [5, 5.41) is 11.8. The third-order valence-corrected chi connectivity index (χ3v) is 5.49. The summed E-state index contributed by atoms with van der Waals surface area (Å²) in [7, 11) is 4.18. The lowest BCUT2D eigenvalue weighted by atomic mass is 9.86. The van der Waals surface area contributed by atoms with Crippen LogP contribution in [0.25, 0.3) is 0 Å². The lowest BCUT2D eigenvalue weighted by molar-refractivity contribution is 0.122. The molecule has 0 saturated carbocycles. The summed E-state index contributed by atoms with van der Waals surface area (Å²) in [6.07, 6.45) is 6.54. The number of hydrogen-bond donors (Lipinski definition) is 2. The van der Waals surface area contributed by atoms with Gasteiger partial charge in [-0.05, 0) is 75.6 Å². The van der Waals surface area contributed by atoms with Gasteiger partial charge in [0.1, 0.15) is 0 Å². The number of thiocarbonyl (C=S) groups is 1. The van der Waals surface area contributed by atoms with E-state index in [9.17, 15) is 0 Å². The first-order valence-corrected chi connectivity index (χ1v) is 9.66. The Morgan fingerprint density at radius 3 is 2.85 bits per heavy atom. The first-order valence-electron chi connectivity index (χ1n) is 9.25. The molecule has 1 saturated heterocycles. The van der Waals surface area contributed by atoms with E-state index in [0.29, 0.717) is 17.1 Å². The molecule has 1 fully saturated rings. The SMILES string of the molecule is Cc1ccc(C)c(NC(=S)NC[C@@H]2CCCN(C)[C@H]2c2cnn(C)c2)c1. The fourth-order valence-electron chi connectivity index (χ4n) is 3.85. The van der Waals surface area contributed by atoms with Crippen molar-refractivity contribution in [3.8, 4) is 0 Å². The monoisotopic (exact) mass is 371 g/mol. The molecule has 140 valence electrons. The fraction of sp³-hybridized carbons (Fsp3) is 0.500. The van der Waals surface area contributed by atoms with Crippen LogP contribution in [0.1, 0.15) is 35.6 Å². The number of hydrogen-bond acceptors (Lipinski definition) is 3. The van der Waals surface area contributed by atoms with E-state index >= 15 is 0 Å². The van der Waals surface area contributed by atoms with Crippen LogP contribution in [-0.4, -0.2) is 39.9 Å². The quantitative estimate of drug-likeness (QED) is 0.807. The molecule has 1 aliphatic heterocycles. The van der Waals surface area contributed by atoms with Crippen molar-refractivity contribution < 1.29 is 0 Å². The molecular weight excluding hydrogens is 342 g/mol. The second kappa shape index (κ2) is 8.18. The highest BCUT2D eigenvalue weighted by atomic mass is 32.1. The van der Waals surface area contributed by atoms with Crippen molar-refractivity contribution >= 4 is 23.0 Å². The first-order chi connectivity index (χ1) is 12.4. The maximum Gasteiger partial charge on any atom is 0.170 e. The number of likely N-dealkylation sites (tertiary alicyclic amines) is 1. The molecule has 1 aliphatic rings. The number of benzene rings is 1. The standard InChI is InChI=1S/C20H29N5S/c1-14-7-8-15(2)18(10-14)23-20(26)21-11-16-6-5-9-24(3)19(16)17-12-22-25(4)13-17/h7-8,10,12-13,16,19H,5-6,9,11H2,1-4H3,(H2,21,23,26)/t16-,19+/m0/s1. The molecule has 26 heavy (non-hydrogen) atoms. The number of anilines is 1. The largest absolute Gasteiger partial charge is 0.362 e. The van der Waals surface area contributed by atoms with Gasteiger partial charge in [-0.3, -0.25) is 9.58 Å². The van der Waals surface area contributed by atoms with Gasteiger partial charge in [0, 0.05) is 37.1 Å². The third-order valence-electron chi connectivity index (χ3n) is 5.24. The molecule has 2 heterocycles. The Bertz CT molecular complexity index is 769. The van der Waals surface area contributed by atoms with Gasteiger partial charge in [-0.15, -0.1) is 0 Å². The molecule has 3 rings (SSSR count). The zero-order valence-electron chi connectivity index (χ0n) is 16.1. The summed E-state index contributed by atoms with van der Waals surface area (Å²) in [5.41, 5.74) is 4.79. The van der Waals surface area contributed by atoms with E-state index < -0.39 is 0 Å². The molecule has 0 bridgehead atoms. The maximum absolute atomic E-state index is 5.54. The number of nitrogens with zero attached hydrogens (tertiary/aromatic N) is 3. The Morgan fingerprint density at radius 1 is 1.31 bits per heavy atom. The molecule has 0 spiro atoms. The van der Waals surface area contributed by atoms with Crippen LogP contribution in [-0.2, 0) is 7.05 Å². The molecule has 2 aromatic rings. The van der Waals surface area contributed by atoms with Crippen molar-refractivity contribution in [3.63, 3.8) is 0 Å². The number of nitrogens with one attached hydrogen (secondary N) is 2. The van der Waals surface area contributed by atoms with E-state index in [2.05, 4.69) is 65.9 Å². The molecule has 0 radical (unpaired) electrons. The van der Waals surface area contributed by atoms with Gasteiger partial charge >= 0.3 is 0 Å². The zero-order valence-corrected chi connectivity index (χ0v) is 16.9. The Labute approximate surface area is 161 Å². The second-order valence-electron chi connectivity index (χ2n) is 7.43. The molecule has 0 unspecified atom stereocenters. The highest BCUT2D eigenvalue weighted by molar-refractivity contribution is 7.80. The molecule has 5 nitrogen and oxygen atoms in total. The van der Waals surface area contributed by atoms with E-state index in [1.807, 2.05) is 17.9 Å². The lowest BCUT2D eigenvalue weighted by Gasteiger charge is -2.39. The molecule has 1 aromatic heterocycles. The minimum Gasteiger partial charge on any atom is -0.362 e. The van der Waals surface area contributed by atoms with E-state index in [4.69, 9.17) is 12.2 Å². The van der Waals surface area contributed by atoms with Gasteiger partial charge in [0.2, 0.25) is 0 Å². The average Bonchev–Trinajstić information content (AvgIpc) is 3.02. The highest BCUT2D eigenvalue weighted by Crippen LogP contribution is 2.34. The minimum atomic E-state index is 0.383.